The summed E-state index contributed by atoms with van der Waals surface area (Å²) in [5.41, 5.74) is -0.523. The monoisotopic (exact) mass is 267 g/mol. The zero-order valence-corrected chi connectivity index (χ0v) is 11.3. The van der Waals surface area contributed by atoms with Gasteiger partial charge >= 0.3 is 5.97 Å². The van der Waals surface area contributed by atoms with Crippen LogP contribution in [0.5, 0.6) is 0 Å². The highest BCUT2D eigenvalue weighted by atomic mass is 16.5. The smallest absolute Gasteiger partial charge is 0.338 e. The zero-order chi connectivity index (χ0) is 14.3. The topological polar surface area (TPSA) is 78.8 Å². The van der Waals surface area contributed by atoms with Crippen molar-refractivity contribution in [3.05, 3.63) is 35.9 Å². The van der Waals surface area contributed by atoms with Gasteiger partial charge in [-0.25, -0.2) is 4.79 Å². The van der Waals surface area contributed by atoms with Gasteiger partial charge < -0.3 is 20.3 Å². The Kier molecular flexibility index (Phi) is 5.95. The number of rotatable bonds is 7. The van der Waals surface area contributed by atoms with Gasteiger partial charge in [0.2, 0.25) is 0 Å². The summed E-state index contributed by atoms with van der Waals surface area (Å²) in [4.78, 5) is 11.3. The van der Waals surface area contributed by atoms with E-state index in [1.54, 1.807) is 0 Å². The predicted molar refractivity (Wildman–Crippen MR) is 71.7 cm³/mol. The van der Waals surface area contributed by atoms with Crippen LogP contribution < -0.4 is 5.32 Å². The molecule has 0 spiro atoms. The van der Waals surface area contributed by atoms with Crippen molar-refractivity contribution in [1.29, 1.82) is 0 Å². The largest absolute Gasteiger partial charge is 0.467 e. The molecule has 0 heterocycles. The third-order valence-electron chi connectivity index (χ3n) is 2.91. The molecule has 0 fully saturated rings. The molecule has 19 heavy (non-hydrogen) atoms. The van der Waals surface area contributed by atoms with Crippen LogP contribution in [0.15, 0.2) is 30.3 Å². The fourth-order valence-electron chi connectivity index (χ4n) is 1.73. The number of carbonyl (C=O) groups excluding carboxylic acids is 1. The standard InChI is InChI=1S/C14H21NO4/c1-14(18,13(17)19-2)10-15-12(9-16)8-11-6-4-3-5-7-11/h3-7,12,15-16,18H,8-10H2,1-2H3. The van der Waals surface area contributed by atoms with Crippen molar-refractivity contribution in [2.75, 3.05) is 20.3 Å². The molecule has 2 unspecified atom stereocenters. The molecule has 5 nitrogen and oxygen atoms in total. The van der Waals surface area contributed by atoms with Crippen molar-refractivity contribution in [3.63, 3.8) is 0 Å². The molecule has 1 aromatic rings. The van der Waals surface area contributed by atoms with Gasteiger partial charge in [0, 0.05) is 12.6 Å². The molecule has 2 atom stereocenters. The van der Waals surface area contributed by atoms with Crippen molar-refractivity contribution in [3.8, 4) is 0 Å². The van der Waals surface area contributed by atoms with Gasteiger partial charge in [0.05, 0.1) is 13.7 Å². The molecular formula is C14H21NO4. The molecule has 5 heteroatoms. The molecule has 0 aliphatic heterocycles. The van der Waals surface area contributed by atoms with Gasteiger partial charge in [-0.3, -0.25) is 0 Å². The zero-order valence-electron chi connectivity index (χ0n) is 11.3. The fourth-order valence-corrected chi connectivity index (χ4v) is 1.73. The van der Waals surface area contributed by atoms with Crippen molar-refractivity contribution >= 4 is 5.97 Å². The van der Waals surface area contributed by atoms with E-state index >= 15 is 0 Å². The predicted octanol–water partition coefficient (Wildman–Crippen LogP) is 0.104. The average molecular weight is 267 g/mol. The Hall–Kier alpha value is -1.43. The van der Waals surface area contributed by atoms with Gasteiger partial charge in [-0.05, 0) is 18.9 Å². The molecule has 106 valence electrons. The molecule has 0 saturated carbocycles. The number of benzene rings is 1. The van der Waals surface area contributed by atoms with Crippen molar-refractivity contribution in [2.24, 2.45) is 0 Å². The lowest BCUT2D eigenvalue weighted by Crippen LogP contribution is -2.49. The van der Waals surface area contributed by atoms with E-state index in [0.29, 0.717) is 6.42 Å². The van der Waals surface area contributed by atoms with E-state index < -0.39 is 11.6 Å². The summed E-state index contributed by atoms with van der Waals surface area (Å²) in [5.74, 6) is -0.698. The van der Waals surface area contributed by atoms with Crippen LogP contribution in [-0.4, -0.2) is 48.1 Å². The number of aliphatic hydroxyl groups is 2. The number of methoxy groups -OCH3 is 1. The van der Waals surface area contributed by atoms with E-state index in [1.807, 2.05) is 30.3 Å². The first-order valence-electron chi connectivity index (χ1n) is 6.18. The summed E-state index contributed by atoms with van der Waals surface area (Å²) >= 11 is 0. The number of aliphatic hydroxyl groups excluding tert-OH is 1. The van der Waals surface area contributed by atoms with Crippen LogP contribution >= 0.6 is 0 Å². The summed E-state index contributed by atoms with van der Waals surface area (Å²) in [6.07, 6.45) is 0.620. The second-order valence-corrected chi connectivity index (χ2v) is 4.72. The highest BCUT2D eigenvalue weighted by molar-refractivity contribution is 5.78. The van der Waals surface area contributed by atoms with E-state index in [9.17, 15) is 15.0 Å². The molecule has 0 aliphatic carbocycles. The Labute approximate surface area is 113 Å². The van der Waals surface area contributed by atoms with Gasteiger partial charge in [-0.1, -0.05) is 30.3 Å². The van der Waals surface area contributed by atoms with Gasteiger partial charge in [0.1, 0.15) is 0 Å². The maximum Gasteiger partial charge on any atom is 0.338 e. The quantitative estimate of drug-likeness (QED) is 0.611. The number of ether oxygens (including phenoxy) is 1. The van der Waals surface area contributed by atoms with Crippen LogP contribution in [-0.2, 0) is 16.0 Å². The minimum absolute atomic E-state index is 0.0255. The molecule has 0 amide bonds. The van der Waals surface area contributed by atoms with E-state index in [0.717, 1.165) is 5.56 Å². The Balaban J connectivity index is 2.52. The second-order valence-electron chi connectivity index (χ2n) is 4.72. The summed E-state index contributed by atoms with van der Waals surface area (Å²) in [6.45, 7) is 1.33. The Bertz CT molecular complexity index is 392. The maximum absolute atomic E-state index is 11.3. The number of hydrogen-bond acceptors (Lipinski definition) is 5. The van der Waals surface area contributed by atoms with Crippen LogP contribution in [0.25, 0.3) is 0 Å². The fraction of sp³-hybridized carbons (Fsp3) is 0.500. The Morgan fingerprint density at radius 2 is 2.05 bits per heavy atom. The van der Waals surface area contributed by atoms with Crippen LogP contribution in [0.4, 0.5) is 0 Å². The first-order chi connectivity index (χ1) is 8.99. The maximum atomic E-state index is 11.3. The van der Waals surface area contributed by atoms with Crippen molar-refractivity contribution in [1.82, 2.24) is 5.32 Å². The molecule has 3 N–H and O–H groups in total. The minimum atomic E-state index is -1.60. The third-order valence-corrected chi connectivity index (χ3v) is 2.91. The van der Waals surface area contributed by atoms with Crippen molar-refractivity contribution in [2.45, 2.75) is 25.0 Å². The first-order valence-corrected chi connectivity index (χ1v) is 6.18. The van der Waals surface area contributed by atoms with Gasteiger partial charge in [0.15, 0.2) is 5.60 Å². The van der Waals surface area contributed by atoms with E-state index in [1.165, 1.54) is 14.0 Å². The lowest BCUT2D eigenvalue weighted by molar-refractivity contribution is -0.160. The van der Waals surface area contributed by atoms with Crippen LogP contribution in [0.1, 0.15) is 12.5 Å². The number of carbonyl (C=O) groups is 1. The molecule has 1 aromatic carbocycles. The molecular weight excluding hydrogens is 246 g/mol. The first kappa shape index (κ1) is 15.6. The molecule has 0 saturated heterocycles. The Morgan fingerprint density at radius 1 is 1.42 bits per heavy atom. The molecule has 1 rings (SSSR count). The van der Waals surface area contributed by atoms with Crippen LogP contribution in [0, 0.1) is 0 Å². The van der Waals surface area contributed by atoms with E-state index in [4.69, 9.17) is 0 Å². The summed E-state index contributed by atoms with van der Waals surface area (Å²) < 4.78 is 4.51. The normalized spacial score (nSPS) is 15.6. The molecule has 0 aromatic heterocycles. The Morgan fingerprint density at radius 3 is 2.58 bits per heavy atom. The highest BCUT2D eigenvalue weighted by Gasteiger charge is 2.31. The molecule has 0 radical (unpaired) electrons. The van der Waals surface area contributed by atoms with E-state index in [-0.39, 0.29) is 19.2 Å². The third kappa shape index (κ3) is 4.98. The van der Waals surface area contributed by atoms with E-state index in [2.05, 4.69) is 10.1 Å². The molecule has 0 bridgehead atoms. The van der Waals surface area contributed by atoms with Gasteiger partial charge in [-0.2, -0.15) is 0 Å². The molecule has 0 aliphatic rings. The lowest BCUT2D eigenvalue weighted by atomic mass is 10.0. The minimum Gasteiger partial charge on any atom is -0.467 e. The number of nitrogens with one attached hydrogen (secondary N) is 1. The lowest BCUT2D eigenvalue weighted by Gasteiger charge is -2.24. The average Bonchev–Trinajstić information content (AvgIpc) is 2.43. The highest BCUT2D eigenvalue weighted by Crippen LogP contribution is 2.07. The number of esters is 1. The van der Waals surface area contributed by atoms with Crippen LogP contribution in [0.3, 0.4) is 0 Å². The van der Waals surface area contributed by atoms with Gasteiger partial charge in [-0.15, -0.1) is 0 Å². The SMILES string of the molecule is COC(=O)C(C)(O)CNC(CO)Cc1ccccc1. The van der Waals surface area contributed by atoms with Gasteiger partial charge in [0.25, 0.3) is 0 Å². The second kappa shape index (κ2) is 7.23. The summed E-state index contributed by atoms with van der Waals surface area (Å²) in [7, 11) is 1.23. The summed E-state index contributed by atoms with van der Waals surface area (Å²) in [5, 5.41) is 22.2. The summed E-state index contributed by atoms with van der Waals surface area (Å²) in [6, 6.07) is 9.47. The van der Waals surface area contributed by atoms with Crippen molar-refractivity contribution < 1.29 is 19.7 Å². The van der Waals surface area contributed by atoms with Crippen LogP contribution in [0.2, 0.25) is 0 Å². The number of hydrogen-bond donors (Lipinski definition) is 3.